The SMILES string of the molecule is N#C[C@H]1COC[C@H]1N1CCC(c2cc3nc(Nc4cnn(C5CC5)c4Cl)ncc3cc2Cl)CC1. The molecule has 34 heavy (non-hydrogen) atoms. The smallest absolute Gasteiger partial charge is 0.227 e. The molecule has 1 N–H and O–H groups in total. The molecule has 1 aromatic carbocycles. The lowest BCUT2D eigenvalue weighted by Gasteiger charge is -2.36. The van der Waals surface area contributed by atoms with E-state index in [-0.39, 0.29) is 12.0 Å². The minimum absolute atomic E-state index is 0.0340. The zero-order valence-electron chi connectivity index (χ0n) is 18.6. The third-order valence-electron chi connectivity index (χ3n) is 7.23. The average Bonchev–Trinajstić information content (AvgIpc) is 3.47. The molecule has 0 radical (unpaired) electrons. The van der Waals surface area contributed by atoms with Crippen LogP contribution in [0, 0.1) is 17.2 Å². The zero-order valence-corrected chi connectivity index (χ0v) is 20.1. The third-order valence-corrected chi connectivity index (χ3v) is 7.93. The number of nitrogens with one attached hydrogen (secondary N) is 1. The molecule has 10 heteroatoms. The predicted octanol–water partition coefficient (Wildman–Crippen LogP) is 4.93. The van der Waals surface area contributed by atoms with E-state index in [9.17, 15) is 5.26 Å². The number of halogens is 2. The first kappa shape index (κ1) is 22.1. The lowest BCUT2D eigenvalue weighted by atomic mass is 9.87. The minimum Gasteiger partial charge on any atom is -0.378 e. The number of hydrogen-bond acceptors (Lipinski definition) is 7. The van der Waals surface area contributed by atoms with Gasteiger partial charge in [0.25, 0.3) is 0 Å². The van der Waals surface area contributed by atoms with E-state index in [0.717, 1.165) is 60.3 Å². The molecule has 2 aromatic heterocycles. The maximum Gasteiger partial charge on any atom is 0.227 e. The maximum atomic E-state index is 9.39. The Morgan fingerprint density at radius 2 is 1.91 bits per heavy atom. The Morgan fingerprint density at radius 1 is 1.09 bits per heavy atom. The monoisotopic (exact) mass is 497 g/mol. The van der Waals surface area contributed by atoms with Gasteiger partial charge >= 0.3 is 0 Å². The van der Waals surface area contributed by atoms with Crippen LogP contribution in [0.25, 0.3) is 10.9 Å². The fourth-order valence-corrected chi connectivity index (χ4v) is 5.74. The molecule has 0 amide bonds. The van der Waals surface area contributed by atoms with Gasteiger partial charge in [-0.05, 0) is 62.4 Å². The molecule has 2 aliphatic heterocycles. The summed E-state index contributed by atoms with van der Waals surface area (Å²) in [6.07, 6.45) is 7.72. The number of likely N-dealkylation sites (tertiary alicyclic amines) is 1. The summed E-state index contributed by atoms with van der Waals surface area (Å²) in [5, 5.41) is 19.2. The van der Waals surface area contributed by atoms with Gasteiger partial charge in [0.05, 0.1) is 54.7 Å². The fraction of sp³-hybridized carbons (Fsp3) is 0.500. The maximum absolute atomic E-state index is 9.39. The van der Waals surface area contributed by atoms with E-state index in [1.165, 1.54) is 0 Å². The molecular weight excluding hydrogens is 473 g/mol. The van der Waals surface area contributed by atoms with Gasteiger partial charge in [-0.2, -0.15) is 10.4 Å². The number of aromatic nitrogens is 4. The molecule has 6 rings (SSSR count). The van der Waals surface area contributed by atoms with E-state index < -0.39 is 0 Å². The van der Waals surface area contributed by atoms with E-state index in [1.807, 2.05) is 10.7 Å². The van der Waals surface area contributed by atoms with Gasteiger partial charge in [-0.15, -0.1) is 0 Å². The highest BCUT2D eigenvalue weighted by atomic mass is 35.5. The second kappa shape index (κ2) is 8.97. The van der Waals surface area contributed by atoms with Gasteiger partial charge in [-0.25, -0.2) is 14.6 Å². The van der Waals surface area contributed by atoms with Crippen molar-refractivity contribution in [1.82, 2.24) is 24.6 Å². The second-order valence-corrected chi connectivity index (χ2v) is 10.2. The van der Waals surface area contributed by atoms with Crippen LogP contribution in [0.1, 0.15) is 43.2 Å². The first-order valence-electron chi connectivity index (χ1n) is 11.8. The summed E-state index contributed by atoms with van der Waals surface area (Å²) in [4.78, 5) is 11.6. The van der Waals surface area contributed by atoms with Crippen LogP contribution < -0.4 is 5.32 Å². The summed E-state index contributed by atoms with van der Waals surface area (Å²) < 4.78 is 7.40. The van der Waals surface area contributed by atoms with Crippen LogP contribution in [0.5, 0.6) is 0 Å². The van der Waals surface area contributed by atoms with Crippen molar-refractivity contribution in [2.75, 3.05) is 31.6 Å². The van der Waals surface area contributed by atoms with Gasteiger partial charge in [0, 0.05) is 16.6 Å². The number of nitrogens with zero attached hydrogens (tertiary/aromatic N) is 6. The van der Waals surface area contributed by atoms with Crippen LogP contribution in [0.3, 0.4) is 0 Å². The number of nitriles is 1. The molecule has 4 heterocycles. The molecule has 1 saturated carbocycles. The number of rotatable bonds is 5. The molecule has 3 aliphatic rings. The number of piperidine rings is 1. The molecular formula is C24H25Cl2N7O. The van der Waals surface area contributed by atoms with E-state index >= 15 is 0 Å². The van der Waals surface area contributed by atoms with Crippen molar-refractivity contribution in [3.63, 3.8) is 0 Å². The lowest BCUT2D eigenvalue weighted by molar-refractivity contribution is 0.119. The van der Waals surface area contributed by atoms with Crippen LogP contribution in [0.15, 0.2) is 24.5 Å². The van der Waals surface area contributed by atoms with E-state index in [2.05, 4.69) is 32.4 Å². The van der Waals surface area contributed by atoms with Crippen LogP contribution in [-0.4, -0.2) is 57.0 Å². The normalized spacial score (nSPS) is 23.9. The Kier molecular flexibility index (Phi) is 5.82. The molecule has 1 aliphatic carbocycles. The van der Waals surface area contributed by atoms with Crippen molar-refractivity contribution in [2.45, 2.75) is 43.7 Å². The number of benzene rings is 1. The summed E-state index contributed by atoms with van der Waals surface area (Å²) in [6.45, 7) is 3.06. The predicted molar refractivity (Wildman–Crippen MR) is 131 cm³/mol. The van der Waals surface area contributed by atoms with Crippen molar-refractivity contribution in [1.29, 1.82) is 5.26 Å². The number of anilines is 2. The van der Waals surface area contributed by atoms with Gasteiger partial charge in [0.2, 0.25) is 5.95 Å². The first-order valence-corrected chi connectivity index (χ1v) is 12.5. The second-order valence-electron chi connectivity index (χ2n) is 9.43. The lowest BCUT2D eigenvalue weighted by Crippen LogP contribution is -2.44. The van der Waals surface area contributed by atoms with Gasteiger partial charge < -0.3 is 10.1 Å². The molecule has 0 spiro atoms. The van der Waals surface area contributed by atoms with Gasteiger partial charge in [-0.1, -0.05) is 23.2 Å². The standard InChI is InChI=1S/C24H25Cl2N7O/c25-19-7-15-10-28-24(31-21-11-29-33(23(21)26)17-1-2-17)30-20(15)8-18(19)14-3-5-32(6-4-14)22-13-34-12-16(22)9-27/h7-8,10-11,14,16-17,22H,1-6,12-13H2,(H,28,30,31)/t16-,22+/m0/s1. The molecule has 2 atom stereocenters. The zero-order chi connectivity index (χ0) is 23.2. The Bertz CT molecular complexity index is 1260. The Labute approximate surface area is 207 Å². The highest BCUT2D eigenvalue weighted by molar-refractivity contribution is 6.32. The number of fused-ring (bicyclic) bond motifs is 1. The molecule has 3 fully saturated rings. The van der Waals surface area contributed by atoms with Crippen molar-refractivity contribution in [3.05, 3.63) is 40.3 Å². The van der Waals surface area contributed by atoms with E-state index in [0.29, 0.717) is 42.0 Å². The van der Waals surface area contributed by atoms with Gasteiger partial charge in [0.15, 0.2) is 5.15 Å². The molecule has 8 nitrogen and oxygen atoms in total. The number of ether oxygens (including phenoxy) is 1. The molecule has 0 bridgehead atoms. The Hall–Kier alpha value is -2.44. The topological polar surface area (TPSA) is 91.9 Å². The third kappa shape index (κ3) is 4.11. The van der Waals surface area contributed by atoms with Gasteiger partial charge in [0.1, 0.15) is 0 Å². The molecule has 0 unspecified atom stereocenters. The van der Waals surface area contributed by atoms with Crippen molar-refractivity contribution < 1.29 is 4.74 Å². The van der Waals surface area contributed by atoms with Crippen molar-refractivity contribution in [2.24, 2.45) is 5.92 Å². The molecule has 3 aromatic rings. The highest BCUT2D eigenvalue weighted by Crippen LogP contribution is 2.39. The summed E-state index contributed by atoms with van der Waals surface area (Å²) in [7, 11) is 0. The fourth-order valence-electron chi connectivity index (χ4n) is 5.13. The minimum atomic E-state index is -0.0340. The summed E-state index contributed by atoms with van der Waals surface area (Å²) in [6, 6.07) is 7.06. The van der Waals surface area contributed by atoms with Crippen LogP contribution >= 0.6 is 23.2 Å². The van der Waals surface area contributed by atoms with Crippen LogP contribution in [0.2, 0.25) is 10.2 Å². The van der Waals surface area contributed by atoms with Crippen LogP contribution in [-0.2, 0) is 4.74 Å². The average molecular weight is 498 g/mol. The Balaban J connectivity index is 1.20. The van der Waals surface area contributed by atoms with Crippen molar-refractivity contribution >= 4 is 45.7 Å². The molecule has 2 saturated heterocycles. The highest BCUT2D eigenvalue weighted by Gasteiger charge is 2.35. The van der Waals surface area contributed by atoms with Crippen LogP contribution in [0.4, 0.5) is 11.6 Å². The van der Waals surface area contributed by atoms with E-state index in [1.54, 1.807) is 12.4 Å². The summed E-state index contributed by atoms with van der Waals surface area (Å²) in [5.41, 5.74) is 2.68. The number of hydrogen-bond donors (Lipinski definition) is 1. The molecule has 176 valence electrons. The quantitative estimate of drug-likeness (QED) is 0.533. The summed E-state index contributed by atoms with van der Waals surface area (Å²) in [5.74, 6) is 0.804. The summed E-state index contributed by atoms with van der Waals surface area (Å²) >= 11 is 13.2. The van der Waals surface area contributed by atoms with E-state index in [4.69, 9.17) is 32.9 Å². The first-order chi connectivity index (χ1) is 16.6. The van der Waals surface area contributed by atoms with Crippen molar-refractivity contribution in [3.8, 4) is 6.07 Å². The largest absolute Gasteiger partial charge is 0.378 e. The van der Waals surface area contributed by atoms with Gasteiger partial charge in [-0.3, -0.25) is 4.90 Å². The Morgan fingerprint density at radius 3 is 2.68 bits per heavy atom.